The first-order valence-corrected chi connectivity index (χ1v) is 12.9. The van der Waals surface area contributed by atoms with E-state index in [0.717, 1.165) is 45.8 Å². The lowest BCUT2D eigenvalue weighted by Crippen LogP contribution is -2.18. The molecule has 1 aliphatic rings. The minimum absolute atomic E-state index is 0.257. The van der Waals surface area contributed by atoms with Crippen LogP contribution in [-0.2, 0) is 26.2 Å². The number of benzene rings is 4. The van der Waals surface area contributed by atoms with Gasteiger partial charge in [0.15, 0.2) is 11.5 Å². The van der Waals surface area contributed by atoms with E-state index in [0.29, 0.717) is 13.2 Å². The van der Waals surface area contributed by atoms with Crippen molar-refractivity contribution >= 4 is 15.9 Å². The second-order valence-electron chi connectivity index (χ2n) is 9.15. The van der Waals surface area contributed by atoms with Gasteiger partial charge in [0.25, 0.3) is 0 Å². The van der Waals surface area contributed by atoms with E-state index in [1.807, 2.05) is 36.4 Å². The van der Waals surface area contributed by atoms with Gasteiger partial charge < -0.3 is 14.2 Å². The van der Waals surface area contributed by atoms with Crippen LogP contribution in [-0.4, -0.2) is 19.1 Å². The molecule has 5 rings (SSSR count). The fraction of sp³-hybridized carbons (Fsp3) is 0.226. The molecule has 4 aromatic rings. The molecule has 0 N–H and O–H groups in total. The molecule has 0 bridgehead atoms. The number of fused-ring (bicyclic) bond motifs is 1. The van der Waals surface area contributed by atoms with E-state index < -0.39 is 0 Å². The Hall–Kier alpha value is -3.28. The molecule has 1 aliphatic heterocycles. The normalized spacial score (nSPS) is 14.9. The molecule has 184 valence electrons. The Balaban J connectivity index is 1.31. The van der Waals surface area contributed by atoms with Gasteiger partial charge in [-0.1, -0.05) is 66.7 Å². The SMILES string of the molecule is COc1cc2c(cc1OCc1ccccc1)C(Cc1ccc(OCc3ccccc3)c(Br)c1)N(C)C2. The number of nitrogens with zero attached hydrogens (tertiary/aromatic N) is 1. The summed E-state index contributed by atoms with van der Waals surface area (Å²) in [4.78, 5) is 2.39. The molecular weight excluding hydrogens is 514 g/mol. The van der Waals surface area contributed by atoms with Crippen molar-refractivity contribution in [1.29, 1.82) is 0 Å². The first kappa shape index (κ1) is 24.4. The Morgan fingerprint density at radius 1 is 0.750 bits per heavy atom. The zero-order valence-electron chi connectivity index (χ0n) is 20.6. The van der Waals surface area contributed by atoms with Gasteiger partial charge in [-0.2, -0.15) is 0 Å². The lowest BCUT2D eigenvalue weighted by atomic mass is 9.97. The third-order valence-corrected chi connectivity index (χ3v) is 7.26. The molecular formula is C31H30BrNO3. The minimum atomic E-state index is 0.257. The maximum Gasteiger partial charge on any atom is 0.162 e. The molecule has 1 unspecified atom stereocenters. The van der Waals surface area contributed by atoms with Crippen LogP contribution in [0.5, 0.6) is 17.2 Å². The predicted octanol–water partition coefficient (Wildman–Crippen LogP) is 7.34. The van der Waals surface area contributed by atoms with Crippen molar-refractivity contribution in [2.45, 2.75) is 32.2 Å². The highest BCUT2D eigenvalue weighted by molar-refractivity contribution is 9.10. The van der Waals surface area contributed by atoms with Crippen LogP contribution in [0.25, 0.3) is 0 Å². The summed E-state index contributed by atoms with van der Waals surface area (Å²) in [5.74, 6) is 2.41. The Bertz CT molecular complexity index is 1310. The average molecular weight is 544 g/mol. The van der Waals surface area contributed by atoms with Gasteiger partial charge in [-0.25, -0.2) is 0 Å². The topological polar surface area (TPSA) is 30.9 Å². The number of hydrogen-bond acceptors (Lipinski definition) is 4. The molecule has 0 spiro atoms. The lowest BCUT2D eigenvalue weighted by molar-refractivity contribution is 0.265. The van der Waals surface area contributed by atoms with Crippen molar-refractivity contribution in [3.63, 3.8) is 0 Å². The number of hydrogen-bond donors (Lipinski definition) is 0. The molecule has 0 aliphatic carbocycles. The van der Waals surface area contributed by atoms with Gasteiger partial charge in [-0.15, -0.1) is 0 Å². The summed E-state index contributed by atoms with van der Waals surface area (Å²) in [5.41, 5.74) is 6.11. The van der Waals surface area contributed by atoms with Crippen molar-refractivity contribution in [1.82, 2.24) is 4.90 Å². The van der Waals surface area contributed by atoms with Gasteiger partial charge in [-0.3, -0.25) is 4.90 Å². The van der Waals surface area contributed by atoms with Gasteiger partial charge in [0.05, 0.1) is 11.6 Å². The maximum absolute atomic E-state index is 6.20. The summed E-state index contributed by atoms with van der Waals surface area (Å²) in [6, 6.07) is 31.4. The first-order chi connectivity index (χ1) is 17.6. The Labute approximate surface area is 221 Å². The summed E-state index contributed by atoms with van der Waals surface area (Å²) in [6.45, 7) is 1.94. The van der Waals surface area contributed by atoms with Gasteiger partial charge in [0, 0.05) is 12.6 Å². The van der Waals surface area contributed by atoms with Crippen LogP contribution in [0.1, 0.15) is 33.9 Å². The summed E-state index contributed by atoms with van der Waals surface area (Å²) < 4.78 is 18.9. The fourth-order valence-electron chi connectivity index (χ4n) is 4.70. The fourth-order valence-corrected chi connectivity index (χ4v) is 5.24. The number of ether oxygens (including phenoxy) is 3. The molecule has 0 radical (unpaired) electrons. The molecule has 5 heteroatoms. The second kappa shape index (κ2) is 11.2. The van der Waals surface area contributed by atoms with Crippen molar-refractivity contribution in [2.75, 3.05) is 14.2 Å². The molecule has 36 heavy (non-hydrogen) atoms. The highest BCUT2D eigenvalue weighted by Crippen LogP contribution is 2.42. The van der Waals surface area contributed by atoms with Crippen molar-refractivity contribution in [3.8, 4) is 17.2 Å². The Kier molecular flexibility index (Phi) is 7.59. The van der Waals surface area contributed by atoms with Crippen LogP contribution in [0, 0.1) is 0 Å². The number of methoxy groups -OCH3 is 1. The molecule has 4 nitrogen and oxygen atoms in total. The maximum atomic E-state index is 6.20. The Morgan fingerprint density at radius 3 is 2.00 bits per heavy atom. The zero-order chi connectivity index (χ0) is 24.9. The second-order valence-corrected chi connectivity index (χ2v) is 10.0. The van der Waals surface area contributed by atoms with Crippen molar-refractivity contribution in [2.24, 2.45) is 0 Å². The molecule has 1 atom stereocenters. The molecule has 0 amide bonds. The molecule has 0 aromatic heterocycles. The van der Waals surface area contributed by atoms with E-state index in [1.54, 1.807) is 7.11 Å². The summed E-state index contributed by atoms with van der Waals surface area (Å²) in [6.07, 6.45) is 0.894. The zero-order valence-corrected chi connectivity index (χ0v) is 22.2. The van der Waals surface area contributed by atoms with Crippen LogP contribution in [0.4, 0.5) is 0 Å². The van der Waals surface area contributed by atoms with Crippen LogP contribution < -0.4 is 14.2 Å². The third kappa shape index (κ3) is 5.58. The predicted molar refractivity (Wildman–Crippen MR) is 147 cm³/mol. The van der Waals surface area contributed by atoms with Gasteiger partial charge >= 0.3 is 0 Å². The number of rotatable bonds is 9. The molecule has 0 saturated carbocycles. The average Bonchev–Trinajstić information content (AvgIpc) is 3.21. The highest BCUT2D eigenvalue weighted by Gasteiger charge is 2.30. The smallest absolute Gasteiger partial charge is 0.162 e. The third-order valence-electron chi connectivity index (χ3n) is 6.64. The largest absolute Gasteiger partial charge is 0.493 e. The molecule has 0 fully saturated rings. The number of likely N-dealkylation sites (N-methyl/N-ethyl adjacent to an activating group) is 1. The summed E-state index contributed by atoms with van der Waals surface area (Å²) in [5, 5.41) is 0. The van der Waals surface area contributed by atoms with Crippen LogP contribution >= 0.6 is 15.9 Å². The van der Waals surface area contributed by atoms with Crippen molar-refractivity contribution < 1.29 is 14.2 Å². The van der Waals surface area contributed by atoms with E-state index in [9.17, 15) is 0 Å². The van der Waals surface area contributed by atoms with E-state index in [1.165, 1.54) is 16.7 Å². The van der Waals surface area contributed by atoms with Crippen molar-refractivity contribution in [3.05, 3.63) is 123 Å². The lowest BCUT2D eigenvalue weighted by Gasteiger charge is -2.21. The van der Waals surface area contributed by atoms with Gasteiger partial charge in [0.1, 0.15) is 19.0 Å². The van der Waals surface area contributed by atoms with Crippen LogP contribution in [0.2, 0.25) is 0 Å². The molecule has 0 saturated heterocycles. The summed E-state index contributed by atoms with van der Waals surface area (Å²) in [7, 11) is 3.88. The highest BCUT2D eigenvalue weighted by atomic mass is 79.9. The van der Waals surface area contributed by atoms with Crippen LogP contribution in [0.3, 0.4) is 0 Å². The van der Waals surface area contributed by atoms with E-state index in [2.05, 4.69) is 82.5 Å². The van der Waals surface area contributed by atoms with Gasteiger partial charge in [-0.05, 0) is 81.5 Å². The minimum Gasteiger partial charge on any atom is -0.493 e. The summed E-state index contributed by atoms with van der Waals surface area (Å²) >= 11 is 3.72. The monoisotopic (exact) mass is 543 g/mol. The van der Waals surface area contributed by atoms with E-state index in [4.69, 9.17) is 14.2 Å². The van der Waals surface area contributed by atoms with E-state index >= 15 is 0 Å². The molecule has 4 aromatic carbocycles. The standard InChI is InChI=1S/C31H30BrNO3/c1-33-19-25-17-30(34-2)31(36-21-23-11-7-4-8-12-23)18-26(25)28(33)16-24-13-14-29(27(32)15-24)35-20-22-9-5-3-6-10-22/h3-15,17-18,28H,16,19-21H2,1-2H3. The molecule has 1 heterocycles. The first-order valence-electron chi connectivity index (χ1n) is 12.1. The number of halogens is 1. The Morgan fingerprint density at radius 2 is 1.39 bits per heavy atom. The van der Waals surface area contributed by atoms with E-state index in [-0.39, 0.29) is 6.04 Å². The quantitative estimate of drug-likeness (QED) is 0.221. The van der Waals surface area contributed by atoms with Gasteiger partial charge in [0.2, 0.25) is 0 Å². The van der Waals surface area contributed by atoms with Crippen LogP contribution in [0.15, 0.2) is 95.5 Å².